The third kappa shape index (κ3) is 4.70. The SMILES string of the molecule is CS(=O)(=O)c1cc(C2CCC2)ccc1Nc1cc(CC(=O)[C@@H]2CC2(F)F)nc2c1N=C(C(F)F)C2. The van der Waals surface area contributed by atoms with Gasteiger partial charge in [-0.2, -0.15) is 0 Å². The number of hydrogen-bond donors (Lipinski definition) is 1. The minimum Gasteiger partial charge on any atom is -0.353 e. The van der Waals surface area contributed by atoms with E-state index in [1.54, 1.807) is 12.1 Å². The molecule has 1 atom stereocenters. The number of sulfone groups is 1. The fourth-order valence-corrected chi connectivity index (χ4v) is 5.39. The van der Waals surface area contributed by atoms with Crippen molar-refractivity contribution >= 4 is 38.4 Å². The quantitative estimate of drug-likeness (QED) is 0.497. The highest BCUT2D eigenvalue weighted by atomic mass is 32.2. The summed E-state index contributed by atoms with van der Waals surface area (Å²) in [5.41, 5.74) is 1.37. The van der Waals surface area contributed by atoms with E-state index in [4.69, 9.17) is 0 Å². The molecule has 2 heterocycles. The Morgan fingerprint density at radius 3 is 2.49 bits per heavy atom. The summed E-state index contributed by atoms with van der Waals surface area (Å²) in [6.07, 6.45) is 0.177. The number of carbonyl (C=O) groups excluding carboxylic acids is 1. The van der Waals surface area contributed by atoms with E-state index in [-0.39, 0.29) is 46.2 Å². The Bertz CT molecular complexity index is 1350. The smallest absolute Gasteiger partial charge is 0.277 e. The van der Waals surface area contributed by atoms with Crippen LogP contribution in [0.25, 0.3) is 0 Å². The van der Waals surface area contributed by atoms with E-state index >= 15 is 0 Å². The van der Waals surface area contributed by atoms with Gasteiger partial charge in [-0.1, -0.05) is 12.5 Å². The predicted molar refractivity (Wildman–Crippen MR) is 122 cm³/mol. The van der Waals surface area contributed by atoms with Crippen molar-refractivity contribution < 1.29 is 30.8 Å². The normalized spacial score (nSPS) is 20.9. The van der Waals surface area contributed by atoms with Crippen molar-refractivity contribution in [3.8, 4) is 0 Å². The summed E-state index contributed by atoms with van der Waals surface area (Å²) in [6.45, 7) is 0. The minimum absolute atomic E-state index is 0.0544. The minimum atomic E-state index is -3.65. The fourth-order valence-electron chi connectivity index (χ4n) is 4.52. The van der Waals surface area contributed by atoms with Gasteiger partial charge < -0.3 is 5.32 Å². The fraction of sp³-hybridized carbons (Fsp3) is 0.458. The number of fused-ring (bicyclic) bond motifs is 1. The molecular weight excluding hydrogens is 486 g/mol. The van der Waals surface area contributed by atoms with Crippen LogP contribution in [0.4, 0.5) is 34.6 Å². The third-order valence-electron chi connectivity index (χ3n) is 6.79. The molecule has 1 aromatic carbocycles. The Labute approximate surface area is 199 Å². The first-order chi connectivity index (χ1) is 16.4. The van der Waals surface area contributed by atoms with Gasteiger partial charge in [-0.3, -0.25) is 9.78 Å². The maximum Gasteiger partial charge on any atom is 0.277 e. The van der Waals surface area contributed by atoms with Crippen LogP contribution in [0, 0.1) is 5.92 Å². The average Bonchev–Trinajstić information content (AvgIpc) is 3.15. The summed E-state index contributed by atoms with van der Waals surface area (Å²) < 4.78 is 78.5. The van der Waals surface area contributed by atoms with Gasteiger partial charge in [0.25, 0.3) is 12.3 Å². The number of aromatic nitrogens is 1. The molecule has 11 heteroatoms. The van der Waals surface area contributed by atoms with Crippen molar-refractivity contribution in [2.75, 3.05) is 11.6 Å². The Kier molecular flexibility index (Phi) is 5.73. The molecule has 0 spiro atoms. The number of pyridine rings is 1. The molecule has 2 aliphatic carbocycles. The lowest BCUT2D eigenvalue weighted by molar-refractivity contribution is -0.121. The van der Waals surface area contributed by atoms with Crippen molar-refractivity contribution in [3.05, 3.63) is 41.2 Å². The summed E-state index contributed by atoms with van der Waals surface area (Å²) >= 11 is 0. The Morgan fingerprint density at radius 1 is 1.20 bits per heavy atom. The summed E-state index contributed by atoms with van der Waals surface area (Å²) in [5.74, 6) is -4.76. The second-order valence-electron chi connectivity index (χ2n) is 9.48. The number of hydrogen-bond acceptors (Lipinski definition) is 6. The molecular formula is C24H23F4N3O3S. The highest BCUT2D eigenvalue weighted by Gasteiger charge is 2.60. The highest BCUT2D eigenvalue weighted by Crippen LogP contribution is 2.49. The molecule has 0 radical (unpaired) electrons. The number of halogens is 4. The van der Waals surface area contributed by atoms with Crippen molar-refractivity contribution in [2.24, 2.45) is 10.9 Å². The first-order valence-electron chi connectivity index (χ1n) is 11.3. The maximum absolute atomic E-state index is 13.4. The summed E-state index contributed by atoms with van der Waals surface area (Å²) in [6, 6.07) is 6.46. The third-order valence-corrected chi connectivity index (χ3v) is 7.93. The monoisotopic (exact) mass is 509 g/mol. The van der Waals surface area contributed by atoms with E-state index in [1.807, 2.05) is 6.07 Å². The summed E-state index contributed by atoms with van der Waals surface area (Å²) in [4.78, 5) is 20.6. The molecule has 0 unspecified atom stereocenters. The Morgan fingerprint density at radius 2 is 1.91 bits per heavy atom. The van der Waals surface area contributed by atoms with E-state index in [1.165, 1.54) is 6.07 Å². The molecule has 6 nitrogen and oxygen atoms in total. The van der Waals surface area contributed by atoms with Gasteiger partial charge in [0.15, 0.2) is 9.84 Å². The van der Waals surface area contributed by atoms with Crippen LogP contribution in [0.15, 0.2) is 34.2 Å². The standard InChI is InChI=1S/C24H23F4N3O3S/c1-35(33,34)21-7-13(12-3-2-4-12)5-6-16(21)30-17-8-14(9-20(32)15-11-24(15,27)28)29-18-10-19(23(25)26)31-22(17)18/h5-8,12,15,23H,2-4,9-11H2,1H3,(H,29,30)/t15-/m0/s1. The Balaban J connectivity index is 1.52. The number of Topliss-reactive ketones (excluding diaryl/α,β-unsaturated/α-hetero) is 1. The van der Waals surface area contributed by atoms with E-state index in [9.17, 15) is 30.8 Å². The van der Waals surface area contributed by atoms with Crippen LogP contribution >= 0.6 is 0 Å². The van der Waals surface area contributed by atoms with Gasteiger partial charge in [0, 0.05) is 25.5 Å². The summed E-state index contributed by atoms with van der Waals surface area (Å²) in [5, 5.41) is 2.99. The number of alkyl halides is 4. The predicted octanol–water partition coefficient (Wildman–Crippen LogP) is 5.16. The number of aliphatic imine (C=N–C) groups is 1. The Hall–Kier alpha value is -2.82. The van der Waals surface area contributed by atoms with Crippen LogP contribution in [-0.2, 0) is 27.5 Å². The number of ketones is 1. The molecule has 0 bridgehead atoms. The van der Waals surface area contributed by atoms with E-state index in [0.29, 0.717) is 5.92 Å². The molecule has 186 valence electrons. The summed E-state index contributed by atoms with van der Waals surface area (Å²) in [7, 11) is -3.65. The van der Waals surface area contributed by atoms with E-state index in [0.717, 1.165) is 31.1 Å². The zero-order valence-electron chi connectivity index (χ0n) is 18.8. The first kappa shape index (κ1) is 23.9. The van der Waals surface area contributed by atoms with Gasteiger partial charge >= 0.3 is 0 Å². The maximum atomic E-state index is 13.4. The van der Waals surface area contributed by atoms with Crippen molar-refractivity contribution in [2.45, 2.75) is 61.7 Å². The highest BCUT2D eigenvalue weighted by molar-refractivity contribution is 7.90. The van der Waals surface area contributed by atoms with Crippen molar-refractivity contribution in [1.82, 2.24) is 4.98 Å². The van der Waals surface area contributed by atoms with Gasteiger partial charge in [-0.15, -0.1) is 0 Å². The van der Waals surface area contributed by atoms with Crippen LogP contribution in [0.1, 0.15) is 48.6 Å². The van der Waals surface area contributed by atoms with Gasteiger partial charge in [0.05, 0.1) is 39.3 Å². The lowest BCUT2D eigenvalue weighted by Crippen LogP contribution is -2.13. The molecule has 1 aromatic heterocycles. The number of carbonyl (C=O) groups is 1. The van der Waals surface area contributed by atoms with Crippen LogP contribution < -0.4 is 5.32 Å². The zero-order chi connectivity index (χ0) is 25.1. The number of nitrogens with one attached hydrogen (secondary N) is 1. The first-order valence-corrected chi connectivity index (χ1v) is 13.2. The molecule has 5 rings (SSSR count). The topological polar surface area (TPSA) is 88.5 Å². The second-order valence-corrected chi connectivity index (χ2v) is 11.5. The molecule has 2 saturated carbocycles. The molecule has 35 heavy (non-hydrogen) atoms. The largest absolute Gasteiger partial charge is 0.353 e. The van der Waals surface area contributed by atoms with Crippen LogP contribution in [0.2, 0.25) is 0 Å². The number of benzene rings is 1. The number of anilines is 2. The van der Waals surface area contributed by atoms with Gasteiger partial charge in [-0.25, -0.2) is 31.0 Å². The van der Waals surface area contributed by atoms with Crippen LogP contribution in [0.3, 0.4) is 0 Å². The number of nitrogens with zero attached hydrogens (tertiary/aromatic N) is 2. The lowest BCUT2D eigenvalue weighted by atomic mass is 9.80. The second kappa shape index (κ2) is 8.39. The van der Waals surface area contributed by atoms with E-state index in [2.05, 4.69) is 15.3 Å². The number of rotatable bonds is 8. The zero-order valence-corrected chi connectivity index (χ0v) is 19.6. The molecule has 2 fully saturated rings. The molecule has 3 aliphatic rings. The van der Waals surface area contributed by atoms with E-state index < -0.39 is 46.0 Å². The van der Waals surface area contributed by atoms with Gasteiger partial charge in [0.1, 0.15) is 11.5 Å². The molecule has 2 aromatic rings. The van der Waals surface area contributed by atoms with Crippen LogP contribution in [-0.4, -0.2) is 43.5 Å². The van der Waals surface area contributed by atoms with Crippen LogP contribution in [0.5, 0.6) is 0 Å². The average molecular weight is 510 g/mol. The lowest BCUT2D eigenvalue weighted by Gasteiger charge is -2.26. The van der Waals surface area contributed by atoms with Crippen molar-refractivity contribution in [3.63, 3.8) is 0 Å². The van der Waals surface area contributed by atoms with Gasteiger partial charge in [-0.05, 0) is 42.5 Å². The molecule has 1 aliphatic heterocycles. The molecule has 0 saturated heterocycles. The van der Waals surface area contributed by atoms with Gasteiger partial charge in [0.2, 0.25) is 0 Å². The molecule has 0 amide bonds. The van der Waals surface area contributed by atoms with Crippen molar-refractivity contribution in [1.29, 1.82) is 0 Å². The molecule has 1 N–H and O–H groups in total.